The van der Waals surface area contributed by atoms with Crippen LogP contribution in [-0.2, 0) is 13.1 Å². The zero-order valence-corrected chi connectivity index (χ0v) is 14.5. The SMILES string of the molecule is CCNC(=NCc1ccccc1)NCc1cccc(OC)c1OC. The maximum Gasteiger partial charge on any atom is 0.191 e. The van der Waals surface area contributed by atoms with Crippen LogP contribution in [0.2, 0.25) is 0 Å². The van der Waals surface area contributed by atoms with Crippen molar-refractivity contribution in [3.63, 3.8) is 0 Å². The molecule has 0 aliphatic heterocycles. The van der Waals surface area contributed by atoms with E-state index >= 15 is 0 Å². The fourth-order valence-electron chi connectivity index (χ4n) is 2.37. The smallest absolute Gasteiger partial charge is 0.191 e. The Bertz CT molecular complexity index is 657. The highest BCUT2D eigenvalue weighted by Crippen LogP contribution is 2.30. The number of nitrogens with one attached hydrogen (secondary N) is 2. The molecule has 2 N–H and O–H groups in total. The van der Waals surface area contributed by atoms with Gasteiger partial charge in [0.2, 0.25) is 0 Å². The van der Waals surface area contributed by atoms with Gasteiger partial charge in [0.25, 0.3) is 0 Å². The van der Waals surface area contributed by atoms with E-state index in [1.165, 1.54) is 5.56 Å². The zero-order chi connectivity index (χ0) is 17.2. The average Bonchev–Trinajstić information content (AvgIpc) is 2.64. The van der Waals surface area contributed by atoms with Crippen molar-refractivity contribution < 1.29 is 9.47 Å². The number of methoxy groups -OCH3 is 2. The van der Waals surface area contributed by atoms with Crippen LogP contribution in [0, 0.1) is 0 Å². The highest BCUT2D eigenvalue weighted by Gasteiger charge is 2.09. The van der Waals surface area contributed by atoms with Crippen LogP contribution in [0.25, 0.3) is 0 Å². The van der Waals surface area contributed by atoms with Crippen LogP contribution in [0.1, 0.15) is 18.1 Å². The number of hydrogen-bond acceptors (Lipinski definition) is 3. The van der Waals surface area contributed by atoms with Crippen LogP contribution in [0.15, 0.2) is 53.5 Å². The first-order valence-corrected chi connectivity index (χ1v) is 8.04. The lowest BCUT2D eigenvalue weighted by molar-refractivity contribution is 0.351. The number of nitrogens with zero attached hydrogens (tertiary/aromatic N) is 1. The fraction of sp³-hybridized carbons (Fsp3) is 0.316. The monoisotopic (exact) mass is 327 g/mol. The maximum atomic E-state index is 5.46. The second-order valence-corrected chi connectivity index (χ2v) is 5.19. The minimum atomic E-state index is 0.598. The average molecular weight is 327 g/mol. The quantitative estimate of drug-likeness (QED) is 0.606. The molecule has 0 radical (unpaired) electrons. The van der Waals surface area contributed by atoms with Crippen molar-refractivity contribution in [2.75, 3.05) is 20.8 Å². The van der Waals surface area contributed by atoms with E-state index in [0.717, 1.165) is 29.6 Å². The van der Waals surface area contributed by atoms with E-state index in [1.807, 2.05) is 43.3 Å². The Morgan fingerprint density at radius 1 is 0.958 bits per heavy atom. The summed E-state index contributed by atoms with van der Waals surface area (Å²) in [6, 6.07) is 16.0. The largest absolute Gasteiger partial charge is 0.493 e. The molecule has 128 valence electrons. The molecule has 0 aliphatic rings. The van der Waals surface area contributed by atoms with Gasteiger partial charge in [-0.25, -0.2) is 4.99 Å². The molecule has 0 heterocycles. The van der Waals surface area contributed by atoms with Gasteiger partial charge in [-0.05, 0) is 18.6 Å². The van der Waals surface area contributed by atoms with Gasteiger partial charge < -0.3 is 20.1 Å². The first-order valence-electron chi connectivity index (χ1n) is 8.04. The Kier molecular flexibility index (Phi) is 6.95. The van der Waals surface area contributed by atoms with Gasteiger partial charge in [0, 0.05) is 18.7 Å². The Labute approximate surface area is 143 Å². The lowest BCUT2D eigenvalue weighted by Gasteiger charge is -2.15. The van der Waals surface area contributed by atoms with E-state index in [9.17, 15) is 0 Å². The zero-order valence-electron chi connectivity index (χ0n) is 14.5. The van der Waals surface area contributed by atoms with Gasteiger partial charge >= 0.3 is 0 Å². The van der Waals surface area contributed by atoms with Crippen molar-refractivity contribution in [1.82, 2.24) is 10.6 Å². The summed E-state index contributed by atoms with van der Waals surface area (Å²) < 4.78 is 10.8. The summed E-state index contributed by atoms with van der Waals surface area (Å²) in [6.45, 7) is 4.08. The number of hydrogen-bond donors (Lipinski definition) is 2. The third-order valence-electron chi connectivity index (χ3n) is 3.54. The molecule has 2 aromatic carbocycles. The van der Waals surface area contributed by atoms with Crippen LogP contribution in [0.3, 0.4) is 0 Å². The molecule has 0 saturated heterocycles. The molecule has 0 bridgehead atoms. The number of rotatable bonds is 7. The second kappa shape index (κ2) is 9.45. The standard InChI is InChI=1S/C19H25N3O2/c1-4-20-19(21-13-15-9-6-5-7-10-15)22-14-16-11-8-12-17(23-2)18(16)24-3/h5-12H,4,13-14H2,1-3H3,(H2,20,21,22). The van der Waals surface area contributed by atoms with E-state index in [4.69, 9.17) is 9.47 Å². The Morgan fingerprint density at radius 3 is 2.42 bits per heavy atom. The van der Waals surface area contributed by atoms with Crippen molar-refractivity contribution in [1.29, 1.82) is 0 Å². The molecule has 2 rings (SSSR count). The molecule has 0 atom stereocenters. The minimum absolute atomic E-state index is 0.598. The van der Waals surface area contributed by atoms with Crippen molar-refractivity contribution in [2.24, 2.45) is 4.99 Å². The molecular formula is C19H25N3O2. The molecule has 5 heteroatoms. The molecule has 0 amide bonds. The summed E-state index contributed by atoms with van der Waals surface area (Å²) in [7, 11) is 3.29. The maximum absolute atomic E-state index is 5.46. The second-order valence-electron chi connectivity index (χ2n) is 5.19. The van der Waals surface area contributed by atoms with Crippen molar-refractivity contribution >= 4 is 5.96 Å². The molecule has 0 unspecified atom stereocenters. The number of benzene rings is 2. The van der Waals surface area contributed by atoms with E-state index < -0.39 is 0 Å². The summed E-state index contributed by atoms with van der Waals surface area (Å²) in [6.07, 6.45) is 0. The first-order chi connectivity index (χ1) is 11.8. The Hall–Kier alpha value is -2.69. The summed E-state index contributed by atoms with van der Waals surface area (Å²) in [5, 5.41) is 6.59. The fourth-order valence-corrected chi connectivity index (χ4v) is 2.37. The highest BCUT2D eigenvalue weighted by atomic mass is 16.5. The number of ether oxygens (including phenoxy) is 2. The van der Waals surface area contributed by atoms with E-state index in [1.54, 1.807) is 14.2 Å². The predicted octanol–water partition coefficient (Wildman–Crippen LogP) is 2.96. The van der Waals surface area contributed by atoms with Crippen molar-refractivity contribution in [2.45, 2.75) is 20.0 Å². The third kappa shape index (κ3) is 4.91. The molecule has 0 aromatic heterocycles. The lowest BCUT2D eigenvalue weighted by Crippen LogP contribution is -2.36. The highest BCUT2D eigenvalue weighted by molar-refractivity contribution is 5.79. The Balaban J connectivity index is 2.06. The van der Waals surface area contributed by atoms with Crippen LogP contribution < -0.4 is 20.1 Å². The van der Waals surface area contributed by atoms with E-state index in [-0.39, 0.29) is 0 Å². The molecular weight excluding hydrogens is 302 g/mol. The molecule has 0 aliphatic carbocycles. The summed E-state index contributed by atoms with van der Waals surface area (Å²) in [4.78, 5) is 4.62. The molecule has 24 heavy (non-hydrogen) atoms. The summed E-state index contributed by atoms with van der Waals surface area (Å²) >= 11 is 0. The van der Waals surface area contributed by atoms with E-state index in [2.05, 4.69) is 27.8 Å². The van der Waals surface area contributed by atoms with Gasteiger partial charge in [-0.1, -0.05) is 42.5 Å². The normalized spacial score (nSPS) is 11.0. The molecule has 0 spiro atoms. The summed E-state index contributed by atoms with van der Waals surface area (Å²) in [5.74, 6) is 2.24. The lowest BCUT2D eigenvalue weighted by atomic mass is 10.2. The van der Waals surface area contributed by atoms with Crippen LogP contribution >= 0.6 is 0 Å². The van der Waals surface area contributed by atoms with Gasteiger partial charge in [0.1, 0.15) is 0 Å². The van der Waals surface area contributed by atoms with Crippen LogP contribution in [0.4, 0.5) is 0 Å². The summed E-state index contributed by atoms with van der Waals surface area (Å²) in [5.41, 5.74) is 2.19. The van der Waals surface area contributed by atoms with E-state index in [0.29, 0.717) is 13.1 Å². The molecule has 5 nitrogen and oxygen atoms in total. The van der Waals surface area contributed by atoms with Crippen molar-refractivity contribution in [3.8, 4) is 11.5 Å². The number of para-hydroxylation sites is 1. The van der Waals surface area contributed by atoms with Crippen LogP contribution in [0.5, 0.6) is 11.5 Å². The molecule has 0 saturated carbocycles. The number of aliphatic imine (C=N–C) groups is 1. The topological polar surface area (TPSA) is 54.9 Å². The molecule has 2 aromatic rings. The van der Waals surface area contributed by atoms with Gasteiger partial charge in [-0.2, -0.15) is 0 Å². The van der Waals surface area contributed by atoms with Gasteiger partial charge in [0.05, 0.1) is 20.8 Å². The Morgan fingerprint density at radius 2 is 1.75 bits per heavy atom. The van der Waals surface area contributed by atoms with Gasteiger partial charge in [-0.3, -0.25) is 0 Å². The third-order valence-corrected chi connectivity index (χ3v) is 3.54. The van der Waals surface area contributed by atoms with Crippen molar-refractivity contribution in [3.05, 3.63) is 59.7 Å². The van der Waals surface area contributed by atoms with Gasteiger partial charge in [0.15, 0.2) is 17.5 Å². The first kappa shape index (κ1) is 17.7. The van der Waals surface area contributed by atoms with Crippen LogP contribution in [-0.4, -0.2) is 26.7 Å². The minimum Gasteiger partial charge on any atom is -0.493 e. The van der Waals surface area contributed by atoms with Gasteiger partial charge in [-0.15, -0.1) is 0 Å². The number of guanidine groups is 1. The predicted molar refractivity (Wildman–Crippen MR) is 97.6 cm³/mol. The molecule has 0 fully saturated rings.